The molecule has 0 N–H and O–H groups in total. The maximum absolute atomic E-state index is 4.71. The van der Waals surface area contributed by atoms with Gasteiger partial charge in [0.15, 0.2) is 0 Å². The SMILES string of the molecule is C=Cc1nc(CC2=CCCC=C2)ccc1CCC. The maximum Gasteiger partial charge on any atom is 0.0659 e. The Morgan fingerprint density at radius 2 is 2.22 bits per heavy atom. The number of pyridine rings is 1. The Morgan fingerprint density at radius 3 is 2.89 bits per heavy atom. The summed E-state index contributed by atoms with van der Waals surface area (Å²) in [4.78, 5) is 4.71. The lowest BCUT2D eigenvalue weighted by Gasteiger charge is -2.09. The fourth-order valence-electron chi connectivity index (χ4n) is 2.31. The van der Waals surface area contributed by atoms with Crippen molar-refractivity contribution in [1.29, 1.82) is 0 Å². The molecule has 1 nitrogen and oxygen atoms in total. The highest BCUT2D eigenvalue weighted by molar-refractivity contribution is 5.48. The molecule has 1 aromatic heterocycles. The highest BCUT2D eigenvalue weighted by atomic mass is 14.7. The molecule has 2 rings (SSSR count). The van der Waals surface area contributed by atoms with Gasteiger partial charge in [0.25, 0.3) is 0 Å². The molecule has 1 aliphatic rings. The molecule has 0 unspecified atom stereocenters. The standard InChI is InChI=1S/C17H21N/c1-3-8-15-11-12-16(18-17(15)4-2)13-14-9-6-5-7-10-14/h4,6,9-12H,2-3,5,7-8,13H2,1H3. The molecule has 0 amide bonds. The van der Waals surface area contributed by atoms with E-state index in [0.29, 0.717) is 0 Å². The lowest BCUT2D eigenvalue weighted by Crippen LogP contribution is -1.99. The third-order valence-electron chi connectivity index (χ3n) is 3.24. The first-order valence-electron chi connectivity index (χ1n) is 6.80. The van der Waals surface area contributed by atoms with Crippen LogP contribution in [0.15, 0.2) is 42.5 Å². The quantitative estimate of drug-likeness (QED) is 0.737. The van der Waals surface area contributed by atoms with Crippen LogP contribution in [0.5, 0.6) is 0 Å². The molecule has 1 aromatic rings. The zero-order valence-corrected chi connectivity index (χ0v) is 11.2. The molecule has 0 radical (unpaired) electrons. The molecule has 0 aliphatic heterocycles. The molecule has 0 spiro atoms. The number of hydrogen-bond donors (Lipinski definition) is 0. The van der Waals surface area contributed by atoms with E-state index in [4.69, 9.17) is 4.98 Å². The van der Waals surface area contributed by atoms with Crippen LogP contribution in [0.3, 0.4) is 0 Å². The summed E-state index contributed by atoms with van der Waals surface area (Å²) < 4.78 is 0. The van der Waals surface area contributed by atoms with E-state index in [9.17, 15) is 0 Å². The van der Waals surface area contributed by atoms with Gasteiger partial charge in [0, 0.05) is 12.1 Å². The summed E-state index contributed by atoms with van der Waals surface area (Å²) in [6, 6.07) is 4.36. The Hall–Kier alpha value is -1.63. The van der Waals surface area contributed by atoms with Crippen LogP contribution in [0.4, 0.5) is 0 Å². The minimum absolute atomic E-state index is 0.934. The highest BCUT2D eigenvalue weighted by Gasteiger charge is 2.05. The van der Waals surface area contributed by atoms with Crippen molar-refractivity contribution in [3.63, 3.8) is 0 Å². The zero-order valence-electron chi connectivity index (χ0n) is 11.2. The van der Waals surface area contributed by atoms with Crippen molar-refractivity contribution in [2.45, 2.75) is 39.0 Å². The van der Waals surface area contributed by atoms with Gasteiger partial charge in [-0.05, 0) is 42.5 Å². The van der Waals surface area contributed by atoms with E-state index in [1.807, 2.05) is 6.08 Å². The van der Waals surface area contributed by atoms with Crippen LogP contribution < -0.4 is 0 Å². The first-order chi connectivity index (χ1) is 8.83. The zero-order chi connectivity index (χ0) is 12.8. The van der Waals surface area contributed by atoms with E-state index in [-0.39, 0.29) is 0 Å². The predicted octanol–water partition coefficient (Wildman–Crippen LogP) is 4.50. The number of aromatic nitrogens is 1. The summed E-state index contributed by atoms with van der Waals surface area (Å²) in [7, 11) is 0. The van der Waals surface area contributed by atoms with Crippen LogP contribution in [-0.2, 0) is 12.8 Å². The van der Waals surface area contributed by atoms with Gasteiger partial charge in [0.05, 0.1) is 5.69 Å². The van der Waals surface area contributed by atoms with Crippen molar-refractivity contribution < 1.29 is 0 Å². The first kappa shape index (κ1) is 12.8. The van der Waals surface area contributed by atoms with E-state index in [1.165, 1.54) is 17.6 Å². The third kappa shape index (κ3) is 3.19. The summed E-state index contributed by atoms with van der Waals surface area (Å²) in [5.74, 6) is 0. The Labute approximate surface area is 110 Å². The number of aryl methyl sites for hydroxylation is 1. The van der Waals surface area contributed by atoms with Crippen molar-refractivity contribution in [2.75, 3.05) is 0 Å². The summed E-state index contributed by atoms with van der Waals surface area (Å²) in [6.07, 6.45) is 14.2. The van der Waals surface area contributed by atoms with Crippen LogP contribution in [0.2, 0.25) is 0 Å². The van der Waals surface area contributed by atoms with E-state index >= 15 is 0 Å². The third-order valence-corrected chi connectivity index (χ3v) is 3.24. The van der Waals surface area contributed by atoms with E-state index < -0.39 is 0 Å². The van der Waals surface area contributed by atoms with Gasteiger partial charge in [-0.15, -0.1) is 0 Å². The number of allylic oxidation sites excluding steroid dienone is 4. The topological polar surface area (TPSA) is 12.9 Å². The largest absolute Gasteiger partial charge is 0.253 e. The molecule has 0 saturated carbocycles. The van der Waals surface area contributed by atoms with Crippen molar-refractivity contribution in [1.82, 2.24) is 4.98 Å². The second-order valence-corrected chi connectivity index (χ2v) is 4.74. The van der Waals surface area contributed by atoms with Crippen molar-refractivity contribution in [2.24, 2.45) is 0 Å². The second kappa shape index (κ2) is 6.34. The molecule has 0 bridgehead atoms. The Bertz CT molecular complexity index is 480. The van der Waals surface area contributed by atoms with Gasteiger partial charge in [-0.3, -0.25) is 4.98 Å². The van der Waals surface area contributed by atoms with E-state index in [1.54, 1.807) is 0 Å². The Balaban J connectivity index is 2.16. The molecule has 18 heavy (non-hydrogen) atoms. The maximum atomic E-state index is 4.71. The molecule has 1 heteroatoms. The van der Waals surface area contributed by atoms with Crippen LogP contribution >= 0.6 is 0 Å². The lowest BCUT2D eigenvalue weighted by molar-refractivity contribution is 0.899. The van der Waals surface area contributed by atoms with Gasteiger partial charge in [0.1, 0.15) is 0 Å². The second-order valence-electron chi connectivity index (χ2n) is 4.74. The van der Waals surface area contributed by atoms with Crippen molar-refractivity contribution in [3.8, 4) is 0 Å². The van der Waals surface area contributed by atoms with Gasteiger partial charge in [0.2, 0.25) is 0 Å². The van der Waals surface area contributed by atoms with Gasteiger partial charge < -0.3 is 0 Å². The summed E-state index contributed by atoms with van der Waals surface area (Å²) >= 11 is 0. The average Bonchev–Trinajstić information content (AvgIpc) is 2.42. The van der Waals surface area contributed by atoms with E-state index in [0.717, 1.165) is 37.1 Å². The predicted molar refractivity (Wildman–Crippen MR) is 78.5 cm³/mol. The first-order valence-corrected chi connectivity index (χ1v) is 6.80. The van der Waals surface area contributed by atoms with Gasteiger partial charge in [-0.25, -0.2) is 0 Å². The summed E-state index contributed by atoms with van der Waals surface area (Å²) in [5.41, 5.74) is 4.88. The Kier molecular flexibility index (Phi) is 4.52. The number of rotatable bonds is 5. The molecule has 0 atom stereocenters. The van der Waals surface area contributed by atoms with Crippen LogP contribution in [-0.4, -0.2) is 4.98 Å². The molecular formula is C17H21N. The van der Waals surface area contributed by atoms with Gasteiger partial charge >= 0.3 is 0 Å². The summed E-state index contributed by atoms with van der Waals surface area (Å²) in [6.45, 7) is 6.06. The molecule has 94 valence electrons. The smallest absolute Gasteiger partial charge is 0.0659 e. The van der Waals surface area contributed by atoms with Crippen molar-refractivity contribution >= 4 is 6.08 Å². The van der Waals surface area contributed by atoms with Crippen LogP contribution in [0, 0.1) is 0 Å². The number of nitrogens with zero attached hydrogens (tertiary/aromatic N) is 1. The minimum atomic E-state index is 0.934. The van der Waals surface area contributed by atoms with E-state index in [2.05, 4.69) is 43.9 Å². The normalized spacial score (nSPS) is 14.4. The molecule has 0 aromatic carbocycles. The van der Waals surface area contributed by atoms with Crippen LogP contribution in [0.25, 0.3) is 6.08 Å². The minimum Gasteiger partial charge on any atom is -0.253 e. The molecule has 0 fully saturated rings. The van der Waals surface area contributed by atoms with Gasteiger partial charge in [-0.1, -0.05) is 44.2 Å². The molecule has 1 aliphatic carbocycles. The lowest BCUT2D eigenvalue weighted by atomic mass is 10.0. The highest BCUT2D eigenvalue weighted by Crippen LogP contribution is 2.17. The average molecular weight is 239 g/mol. The number of hydrogen-bond acceptors (Lipinski definition) is 1. The molecule has 1 heterocycles. The summed E-state index contributed by atoms with van der Waals surface area (Å²) in [5, 5.41) is 0. The molecule has 0 saturated heterocycles. The van der Waals surface area contributed by atoms with Gasteiger partial charge in [-0.2, -0.15) is 0 Å². The Morgan fingerprint density at radius 1 is 1.33 bits per heavy atom. The fourth-order valence-corrected chi connectivity index (χ4v) is 2.31. The van der Waals surface area contributed by atoms with Crippen molar-refractivity contribution in [3.05, 3.63) is 59.5 Å². The van der Waals surface area contributed by atoms with Crippen LogP contribution in [0.1, 0.15) is 43.1 Å². The fraction of sp³-hybridized carbons (Fsp3) is 0.353. The molecular weight excluding hydrogens is 218 g/mol. The monoisotopic (exact) mass is 239 g/mol.